The maximum absolute atomic E-state index is 10.3. The minimum absolute atomic E-state index is 0. The molecule has 0 atom stereocenters. The fourth-order valence-corrected chi connectivity index (χ4v) is 2.93. The number of hydrogen-bond donors (Lipinski definition) is 2. The predicted octanol–water partition coefficient (Wildman–Crippen LogP) is 6.84. The number of carboxylic acid groups (broad SMARTS) is 2. The minimum atomic E-state index is -0.879. The van der Waals surface area contributed by atoms with Crippen LogP contribution in [0.4, 0.5) is 0 Å². The monoisotopic (exact) mass is 412 g/mol. The zero-order chi connectivity index (χ0) is 21.6. The summed E-state index contributed by atoms with van der Waals surface area (Å²) in [4.78, 5) is 20.5. The van der Waals surface area contributed by atoms with Crippen LogP contribution >= 0.6 is 0 Å². The second kappa shape index (κ2) is 23.8. The number of allylic oxidation sites excluding steroid dienone is 2. The third-order valence-corrected chi connectivity index (χ3v) is 4.67. The average Bonchev–Trinajstić information content (AvgIpc) is 2.72. The van der Waals surface area contributed by atoms with Gasteiger partial charge in [0.1, 0.15) is 0 Å². The molecule has 1 rings (SSSR count). The van der Waals surface area contributed by atoms with Gasteiger partial charge in [0.2, 0.25) is 0 Å². The van der Waals surface area contributed by atoms with Gasteiger partial charge in [-0.3, -0.25) is 4.79 Å². The van der Waals surface area contributed by atoms with Crippen molar-refractivity contribution in [3.8, 4) is 0 Å². The molecule has 5 heteroatoms. The second-order valence-electron chi connectivity index (χ2n) is 7.40. The van der Waals surface area contributed by atoms with Crippen LogP contribution in [0.5, 0.6) is 0 Å². The van der Waals surface area contributed by atoms with Gasteiger partial charge in [-0.15, -0.1) is 0 Å². The number of hydrogen-bond acceptors (Lipinski definition) is 2. The number of benzene rings is 1. The van der Waals surface area contributed by atoms with Crippen molar-refractivity contribution in [1.82, 2.24) is 0 Å². The van der Waals surface area contributed by atoms with Crippen LogP contribution in [0.1, 0.15) is 107 Å². The molecule has 0 aromatic heterocycles. The Morgan fingerprint density at radius 2 is 1.20 bits per heavy atom. The molecule has 0 unspecified atom stereocenters. The zero-order valence-corrected chi connectivity index (χ0v) is 18.2. The molecular formula is C25H41LiO4. The first-order chi connectivity index (χ1) is 14.1. The summed E-state index contributed by atoms with van der Waals surface area (Å²) in [6.45, 7) is 2.26. The number of carbonyl (C=O) groups is 2. The van der Waals surface area contributed by atoms with E-state index < -0.39 is 11.9 Å². The fraction of sp³-hybridized carbons (Fsp3) is 0.600. The summed E-state index contributed by atoms with van der Waals surface area (Å²) in [6, 6.07) is 8.30. The quantitative estimate of drug-likeness (QED) is 0.177. The summed E-state index contributed by atoms with van der Waals surface area (Å²) < 4.78 is 0. The van der Waals surface area contributed by atoms with E-state index in [2.05, 4.69) is 19.1 Å². The number of rotatable bonds is 16. The van der Waals surface area contributed by atoms with Crippen LogP contribution in [0.15, 0.2) is 42.5 Å². The van der Waals surface area contributed by atoms with Gasteiger partial charge in [0.05, 0.1) is 5.56 Å². The molecule has 0 aliphatic rings. The van der Waals surface area contributed by atoms with E-state index in [1.807, 2.05) is 0 Å². The van der Waals surface area contributed by atoms with Crippen LogP contribution in [0, 0.1) is 0 Å². The molecule has 4 nitrogen and oxygen atoms in total. The molecule has 0 heterocycles. The van der Waals surface area contributed by atoms with Gasteiger partial charge < -0.3 is 10.2 Å². The van der Waals surface area contributed by atoms with Gasteiger partial charge in [-0.1, -0.05) is 88.6 Å². The van der Waals surface area contributed by atoms with Crippen molar-refractivity contribution in [2.24, 2.45) is 0 Å². The Hall–Kier alpha value is -1.50. The molecule has 166 valence electrons. The van der Waals surface area contributed by atoms with Crippen molar-refractivity contribution < 1.29 is 19.8 Å². The van der Waals surface area contributed by atoms with Crippen LogP contribution in [0.3, 0.4) is 0 Å². The summed E-state index contributed by atoms with van der Waals surface area (Å²) >= 11 is 0. The SMILES string of the molecule is CCCCCCCC/C=C\CCCCCCCC(=O)O.O=C(O)c1ccccc1.[LiH]. The van der Waals surface area contributed by atoms with E-state index in [1.165, 1.54) is 70.6 Å². The molecular weight excluding hydrogens is 371 g/mol. The van der Waals surface area contributed by atoms with E-state index in [1.54, 1.807) is 30.3 Å². The van der Waals surface area contributed by atoms with Crippen LogP contribution in [-0.2, 0) is 4.79 Å². The van der Waals surface area contributed by atoms with E-state index in [9.17, 15) is 9.59 Å². The Balaban J connectivity index is 0. The van der Waals surface area contributed by atoms with E-state index >= 15 is 0 Å². The first kappa shape index (κ1) is 30.7. The molecule has 0 aliphatic heterocycles. The van der Waals surface area contributed by atoms with Crippen molar-refractivity contribution in [2.45, 2.75) is 96.8 Å². The van der Waals surface area contributed by atoms with Gasteiger partial charge in [-0.05, 0) is 44.2 Å². The Bertz CT molecular complexity index is 543. The van der Waals surface area contributed by atoms with Gasteiger partial charge in [0.25, 0.3) is 0 Å². The number of aliphatic carboxylic acids is 1. The van der Waals surface area contributed by atoms with E-state index in [-0.39, 0.29) is 18.9 Å². The third-order valence-electron chi connectivity index (χ3n) is 4.67. The molecule has 2 N–H and O–H groups in total. The summed E-state index contributed by atoms with van der Waals surface area (Å²) in [5, 5.41) is 16.9. The number of unbranched alkanes of at least 4 members (excludes halogenated alkanes) is 11. The van der Waals surface area contributed by atoms with Gasteiger partial charge >= 0.3 is 30.8 Å². The predicted molar refractivity (Wildman–Crippen MR) is 128 cm³/mol. The summed E-state index contributed by atoms with van der Waals surface area (Å²) in [6.07, 6.45) is 21.2. The van der Waals surface area contributed by atoms with Crippen molar-refractivity contribution in [1.29, 1.82) is 0 Å². The van der Waals surface area contributed by atoms with Gasteiger partial charge in [-0.25, -0.2) is 4.79 Å². The molecule has 0 spiro atoms. The molecule has 1 aromatic carbocycles. The van der Waals surface area contributed by atoms with E-state index in [0.717, 1.165) is 12.8 Å². The molecule has 0 saturated heterocycles. The van der Waals surface area contributed by atoms with Crippen LogP contribution < -0.4 is 0 Å². The summed E-state index contributed by atoms with van der Waals surface area (Å²) in [7, 11) is 0. The Morgan fingerprint density at radius 1 is 0.733 bits per heavy atom. The summed E-state index contributed by atoms with van der Waals surface area (Å²) in [5.41, 5.74) is 0.331. The number of aromatic carboxylic acids is 1. The first-order valence-electron chi connectivity index (χ1n) is 11.2. The summed E-state index contributed by atoms with van der Waals surface area (Å²) in [5.74, 6) is -1.54. The Morgan fingerprint density at radius 3 is 1.63 bits per heavy atom. The number of carboxylic acids is 2. The maximum atomic E-state index is 10.3. The van der Waals surface area contributed by atoms with Crippen LogP contribution in [0.2, 0.25) is 0 Å². The Labute approximate surface area is 195 Å². The standard InChI is InChI=1S/C18H34O2.C7H6O2.Li.H/c1-2-3-4-5-6-7-8-9-10-11-12-13-14-15-16-17-18(19)20;8-7(9)6-4-2-1-3-5-6;;/h9-10H,2-8,11-17H2,1H3,(H,19,20);1-5H,(H,8,9);;/b10-9-;;;. The first-order valence-corrected chi connectivity index (χ1v) is 11.2. The topological polar surface area (TPSA) is 74.6 Å². The molecule has 0 amide bonds. The van der Waals surface area contributed by atoms with Gasteiger partial charge in [0, 0.05) is 6.42 Å². The van der Waals surface area contributed by atoms with E-state index in [0.29, 0.717) is 12.0 Å². The normalized spacial score (nSPS) is 10.2. The molecule has 0 saturated carbocycles. The molecule has 30 heavy (non-hydrogen) atoms. The fourth-order valence-electron chi connectivity index (χ4n) is 2.93. The van der Waals surface area contributed by atoms with Crippen LogP contribution in [-0.4, -0.2) is 41.0 Å². The molecule has 0 bridgehead atoms. The van der Waals surface area contributed by atoms with Crippen molar-refractivity contribution in [2.75, 3.05) is 0 Å². The zero-order valence-electron chi connectivity index (χ0n) is 18.2. The second-order valence-corrected chi connectivity index (χ2v) is 7.40. The molecule has 0 aliphatic carbocycles. The van der Waals surface area contributed by atoms with Crippen molar-refractivity contribution in [3.63, 3.8) is 0 Å². The molecule has 0 fully saturated rings. The Kier molecular flexibility index (Phi) is 24.3. The third kappa shape index (κ3) is 22.8. The average molecular weight is 413 g/mol. The van der Waals surface area contributed by atoms with Gasteiger partial charge in [-0.2, -0.15) is 0 Å². The van der Waals surface area contributed by atoms with Crippen molar-refractivity contribution in [3.05, 3.63) is 48.0 Å². The molecule has 1 aromatic rings. The van der Waals surface area contributed by atoms with E-state index in [4.69, 9.17) is 10.2 Å². The molecule has 0 radical (unpaired) electrons. The van der Waals surface area contributed by atoms with Crippen LogP contribution in [0.25, 0.3) is 0 Å². The van der Waals surface area contributed by atoms with Gasteiger partial charge in [0.15, 0.2) is 0 Å². The van der Waals surface area contributed by atoms with Crippen molar-refractivity contribution >= 4 is 30.8 Å².